The summed E-state index contributed by atoms with van der Waals surface area (Å²) in [5, 5.41) is 2.33. The summed E-state index contributed by atoms with van der Waals surface area (Å²) in [6.07, 6.45) is 0. The molecule has 58 valence electrons. The molecule has 0 radical (unpaired) electrons. The molecular formula is C7H8NO2P. The van der Waals surface area contributed by atoms with Gasteiger partial charge >= 0.3 is 8.18 Å². The lowest BCUT2D eigenvalue weighted by Gasteiger charge is -1.99. The lowest BCUT2D eigenvalue weighted by Crippen LogP contribution is -1.97. The van der Waals surface area contributed by atoms with E-state index in [-0.39, 0.29) is 0 Å². The van der Waals surface area contributed by atoms with Crippen molar-refractivity contribution in [2.24, 2.45) is 0 Å². The standard InChI is InChI=1S/C7H8NO2P/c1-6-4-2-3-5-7(6)8-11(9)10/h2-5H,1H3,(H,8,9,10). The van der Waals surface area contributed by atoms with Crippen molar-refractivity contribution < 1.29 is 9.46 Å². The molecule has 0 aromatic heterocycles. The number of benzene rings is 1. The molecule has 0 saturated heterocycles. The van der Waals surface area contributed by atoms with Crippen molar-refractivity contribution in [2.75, 3.05) is 5.09 Å². The smallest absolute Gasteiger partial charge is 0.437 e. The van der Waals surface area contributed by atoms with E-state index in [4.69, 9.17) is 0 Å². The number of hydrogen-bond acceptors (Lipinski definition) is 2. The highest BCUT2D eigenvalue weighted by atomic mass is 31.1. The molecule has 1 aromatic rings. The molecule has 3 nitrogen and oxygen atoms in total. The van der Waals surface area contributed by atoms with E-state index >= 15 is 0 Å². The molecule has 1 rings (SSSR count). The van der Waals surface area contributed by atoms with Gasteiger partial charge in [0.15, 0.2) is 0 Å². The zero-order valence-electron chi connectivity index (χ0n) is 6.07. The Hall–Kier alpha value is -0.920. The summed E-state index contributed by atoms with van der Waals surface area (Å²) in [6, 6.07) is 7.22. The van der Waals surface area contributed by atoms with Crippen molar-refractivity contribution >= 4 is 13.9 Å². The Bertz CT molecular complexity index is 275. The minimum absolute atomic E-state index is 0.642. The van der Waals surface area contributed by atoms with E-state index < -0.39 is 8.18 Å². The van der Waals surface area contributed by atoms with Crippen molar-refractivity contribution in [1.29, 1.82) is 0 Å². The fraction of sp³-hybridized carbons (Fsp3) is 0.143. The van der Waals surface area contributed by atoms with Crippen LogP contribution in [0.2, 0.25) is 0 Å². The van der Waals surface area contributed by atoms with E-state index in [1.165, 1.54) is 0 Å². The minimum Gasteiger partial charge on any atom is -0.573 e. The lowest BCUT2D eigenvalue weighted by atomic mass is 10.2. The second-order valence-corrected chi connectivity index (χ2v) is 2.92. The number of hydrogen-bond donors (Lipinski definition) is 1. The van der Waals surface area contributed by atoms with Crippen LogP contribution in [0, 0.1) is 6.92 Å². The SMILES string of the molecule is Cc1ccccc1N[P+](=O)[O-]. The molecule has 0 aliphatic rings. The van der Waals surface area contributed by atoms with Gasteiger partial charge in [0.05, 0.1) is 5.69 Å². The summed E-state index contributed by atoms with van der Waals surface area (Å²) in [4.78, 5) is 10.2. The zero-order valence-corrected chi connectivity index (χ0v) is 6.97. The lowest BCUT2D eigenvalue weighted by molar-refractivity contribution is -0.162. The van der Waals surface area contributed by atoms with Crippen LogP contribution in [0.3, 0.4) is 0 Å². The summed E-state index contributed by atoms with van der Waals surface area (Å²) in [7, 11) is -2.54. The maximum Gasteiger partial charge on any atom is 0.437 e. The summed E-state index contributed by atoms with van der Waals surface area (Å²) in [5.41, 5.74) is 1.57. The quantitative estimate of drug-likeness (QED) is 0.681. The topological polar surface area (TPSA) is 52.2 Å². The second kappa shape index (κ2) is 3.46. The zero-order chi connectivity index (χ0) is 8.27. The normalized spacial score (nSPS) is 10.9. The fourth-order valence-corrected chi connectivity index (χ4v) is 1.24. The van der Waals surface area contributed by atoms with Gasteiger partial charge in [-0.15, -0.1) is 0 Å². The van der Waals surface area contributed by atoms with Gasteiger partial charge in [0.1, 0.15) is 0 Å². The Balaban J connectivity index is 2.86. The average molecular weight is 169 g/mol. The van der Waals surface area contributed by atoms with E-state index in [0.29, 0.717) is 5.69 Å². The Morgan fingerprint density at radius 1 is 1.45 bits per heavy atom. The average Bonchev–Trinajstić information content (AvgIpc) is 1.93. The van der Waals surface area contributed by atoms with Crippen LogP contribution in [0.25, 0.3) is 0 Å². The van der Waals surface area contributed by atoms with Crippen molar-refractivity contribution in [1.82, 2.24) is 0 Å². The first-order valence-electron chi connectivity index (χ1n) is 3.17. The van der Waals surface area contributed by atoms with Gasteiger partial charge in [-0.25, -0.2) is 0 Å². The number of aryl methyl sites for hydroxylation is 1. The first-order chi connectivity index (χ1) is 5.20. The van der Waals surface area contributed by atoms with Crippen LogP contribution in [0.4, 0.5) is 5.69 Å². The van der Waals surface area contributed by atoms with E-state index in [0.717, 1.165) is 5.56 Å². The summed E-state index contributed by atoms with van der Waals surface area (Å²) in [6.45, 7) is 1.85. The molecule has 1 aromatic carbocycles. The van der Waals surface area contributed by atoms with Gasteiger partial charge in [-0.05, 0) is 23.1 Å². The third kappa shape index (κ3) is 2.30. The molecular weight excluding hydrogens is 161 g/mol. The van der Waals surface area contributed by atoms with Crippen LogP contribution in [0.1, 0.15) is 5.56 Å². The molecule has 1 N–H and O–H groups in total. The third-order valence-corrected chi connectivity index (χ3v) is 1.78. The second-order valence-electron chi connectivity index (χ2n) is 2.18. The maximum absolute atomic E-state index is 10.2. The van der Waals surface area contributed by atoms with Crippen molar-refractivity contribution in [3.8, 4) is 0 Å². The van der Waals surface area contributed by atoms with E-state index in [2.05, 4.69) is 5.09 Å². The van der Waals surface area contributed by atoms with Gasteiger partial charge in [0.2, 0.25) is 0 Å². The van der Waals surface area contributed by atoms with Gasteiger partial charge in [-0.1, -0.05) is 18.2 Å². The monoisotopic (exact) mass is 169 g/mol. The van der Waals surface area contributed by atoms with Crippen LogP contribution >= 0.6 is 8.18 Å². The molecule has 4 heteroatoms. The fourth-order valence-electron chi connectivity index (χ4n) is 0.797. The molecule has 0 heterocycles. The molecule has 0 amide bonds. The Morgan fingerprint density at radius 2 is 2.09 bits per heavy atom. The first-order valence-corrected chi connectivity index (χ1v) is 4.34. The van der Waals surface area contributed by atoms with Crippen LogP contribution in [0.15, 0.2) is 24.3 Å². The number of para-hydroxylation sites is 1. The van der Waals surface area contributed by atoms with Gasteiger partial charge in [-0.2, -0.15) is 5.09 Å². The molecule has 0 fully saturated rings. The highest BCUT2D eigenvalue weighted by Crippen LogP contribution is 2.19. The number of rotatable bonds is 2. The van der Waals surface area contributed by atoms with Gasteiger partial charge < -0.3 is 4.89 Å². The summed E-state index contributed by atoms with van der Waals surface area (Å²) >= 11 is 0. The van der Waals surface area contributed by atoms with Crippen LogP contribution in [-0.4, -0.2) is 0 Å². The van der Waals surface area contributed by atoms with Gasteiger partial charge in [-0.3, -0.25) is 0 Å². The largest absolute Gasteiger partial charge is 0.573 e. The first kappa shape index (κ1) is 8.18. The van der Waals surface area contributed by atoms with Gasteiger partial charge in [0, 0.05) is 0 Å². The van der Waals surface area contributed by atoms with Crippen LogP contribution in [0.5, 0.6) is 0 Å². The Morgan fingerprint density at radius 3 is 2.64 bits per heavy atom. The number of anilines is 1. The Labute approximate surface area is 66.0 Å². The minimum atomic E-state index is -2.54. The van der Waals surface area contributed by atoms with E-state index in [1.807, 2.05) is 19.1 Å². The number of nitrogens with one attached hydrogen (secondary N) is 1. The summed E-state index contributed by atoms with van der Waals surface area (Å²) in [5.74, 6) is 0. The van der Waals surface area contributed by atoms with Crippen molar-refractivity contribution in [3.63, 3.8) is 0 Å². The Kier molecular flexibility index (Phi) is 2.58. The molecule has 1 unspecified atom stereocenters. The molecule has 0 spiro atoms. The van der Waals surface area contributed by atoms with Crippen molar-refractivity contribution in [3.05, 3.63) is 29.8 Å². The third-order valence-electron chi connectivity index (χ3n) is 1.36. The molecule has 1 atom stereocenters. The highest BCUT2D eigenvalue weighted by molar-refractivity contribution is 7.38. The van der Waals surface area contributed by atoms with E-state index in [9.17, 15) is 9.46 Å². The van der Waals surface area contributed by atoms with Crippen LogP contribution < -0.4 is 9.98 Å². The highest BCUT2D eigenvalue weighted by Gasteiger charge is 2.01. The van der Waals surface area contributed by atoms with Crippen molar-refractivity contribution in [2.45, 2.75) is 6.92 Å². The molecule has 0 aliphatic carbocycles. The van der Waals surface area contributed by atoms with E-state index in [1.54, 1.807) is 12.1 Å². The predicted octanol–water partition coefficient (Wildman–Crippen LogP) is 1.42. The molecule has 0 aliphatic heterocycles. The van der Waals surface area contributed by atoms with Crippen LogP contribution in [-0.2, 0) is 4.57 Å². The molecule has 0 saturated carbocycles. The maximum atomic E-state index is 10.2. The summed E-state index contributed by atoms with van der Waals surface area (Å²) < 4.78 is 10.2. The van der Waals surface area contributed by atoms with Gasteiger partial charge in [0.25, 0.3) is 0 Å². The predicted molar refractivity (Wildman–Crippen MR) is 42.4 cm³/mol. The molecule has 11 heavy (non-hydrogen) atoms. The molecule has 0 bridgehead atoms.